The number of carbonyl (C=O) groups is 1. The van der Waals surface area contributed by atoms with Crippen molar-refractivity contribution >= 4 is 12.0 Å². The number of aryl methyl sites for hydroxylation is 1. The molecule has 0 bridgehead atoms. The number of carbonyl (C=O) groups excluding carboxylic acids is 1. The summed E-state index contributed by atoms with van der Waals surface area (Å²) in [4.78, 5) is 16.7. The van der Waals surface area contributed by atoms with Crippen LogP contribution in [0.4, 0.5) is 0 Å². The van der Waals surface area contributed by atoms with Crippen LogP contribution >= 0.6 is 0 Å². The third kappa shape index (κ3) is 4.11. The van der Waals surface area contributed by atoms with Gasteiger partial charge in [0.25, 0.3) is 5.91 Å². The Labute approximate surface area is 137 Å². The van der Waals surface area contributed by atoms with Crippen LogP contribution in [-0.4, -0.2) is 53.0 Å². The van der Waals surface area contributed by atoms with E-state index >= 15 is 0 Å². The van der Waals surface area contributed by atoms with Crippen LogP contribution in [-0.2, 0) is 7.05 Å². The van der Waals surface area contributed by atoms with Crippen molar-refractivity contribution in [3.63, 3.8) is 0 Å². The van der Waals surface area contributed by atoms with E-state index in [9.17, 15) is 4.79 Å². The van der Waals surface area contributed by atoms with Gasteiger partial charge in [-0.1, -0.05) is 42.5 Å². The van der Waals surface area contributed by atoms with Gasteiger partial charge >= 0.3 is 0 Å². The lowest BCUT2D eigenvalue weighted by molar-refractivity contribution is 0.0650. The maximum atomic E-state index is 12.4. The van der Waals surface area contributed by atoms with Gasteiger partial charge < -0.3 is 9.47 Å². The topological polar surface area (TPSA) is 28.5 Å². The Balaban J connectivity index is 1.47. The quantitative estimate of drug-likeness (QED) is 0.868. The highest BCUT2D eigenvalue weighted by atomic mass is 16.2. The summed E-state index contributed by atoms with van der Waals surface area (Å²) in [5.74, 6) is 0.144. The van der Waals surface area contributed by atoms with E-state index in [0.29, 0.717) is 0 Å². The minimum Gasteiger partial charge on any atom is -0.356 e. The highest BCUT2D eigenvalue weighted by Gasteiger charge is 2.21. The van der Waals surface area contributed by atoms with Crippen molar-refractivity contribution in [1.29, 1.82) is 0 Å². The van der Waals surface area contributed by atoms with E-state index in [4.69, 9.17) is 0 Å². The number of piperazine rings is 1. The van der Waals surface area contributed by atoms with E-state index in [1.165, 1.54) is 5.56 Å². The van der Waals surface area contributed by atoms with Crippen LogP contribution in [0.3, 0.4) is 0 Å². The Bertz CT molecular complexity index is 667. The molecular formula is C19H23N3O. The zero-order chi connectivity index (χ0) is 16.1. The molecule has 120 valence electrons. The van der Waals surface area contributed by atoms with E-state index in [0.717, 1.165) is 38.3 Å². The number of hydrogen-bond acceptors (Lipinski definition) is 2. The molecule has 1 aromatic carbocycles. The van der Waals surface area contributed by atoms with Crippen molar-refractivity contribution in [1.82, 2.24) is 14.4 Å². The molecule has 0 N–H and O–H groups in total. The number of amides is 1. The molecule has 0 spiro atoms. The van der Waals surface area contributed by atoms with Crippen molar-refractivity contribution in [2.75, 3.05) is 32.7 Å². The Kier molecular flexibility index (Phi) is 4.93. The van der Waals surface area contributed by atoms with Gasteiger partial charge in [-0.15, -0.1) is 0 Å². The van der Waals surface area contributed by atoms with E-state index in [1.54, 1.807) is 0 Å². The second-order valence-corrected chi connectivity index (χ2v) is 5.97. The van der Waals surface area contributed by atoms with Crippen LogP contribution in [0.2, 0.25) is 0 Å². The molecule has 0 aliphatic carbocycles. The average Bonchev–Trinajstić information content (AvgIpc) is 3.02. The largest absolute Gasteiger partial charge is 0.356 e. The first kappa shape index (κ1) is 15.6. The Hall–Kier alpha value is -2.33. The van der Waals surface area contributed by atoms with Gasteiger partial charge in [0.05, 0.1) is 5.56 Å². The predicted octanol–water partition coefficient (Wildman–Crippen LogP) is 2.50. The summed E-state index contributed by atoms with van der Waals surface area (Å²) in [6.45, 7) is 4.39. The molecule has 1 saturated heterocycles. The summed E-state index contributed by atoms with van der Waals surface area (Å²) in [5, 5.41) is 0. The minimum atomic E-state index is 0.144. The molecule has 2 aromatic rings. The third-order valence-corrected chi connectivity index (χ3v) is 4.21. The van der Waals surface area contributed by atoms with E-state index in [1.807, 2.05) is 53.2 Å². The molecule has 4 nitrogen and oxygen atoms in total. The standard InChI is InChI=1S/C19H23N3O/c1-20-11-9-18(16-20)19(23)22-14-12-21(13-15-22)10-5-8-17-6-3-2-4-7-17/h2-9,11,16H,10,12-15H2,1H3/b8-5+. The first-order valence-electron chi connectivity index (χ1n) is 8.07. The SMILES string of the molecule is Cn1ccc(C(=O)N2CCN(C/C=C/c3ccccc3)CC2)c1. The van der Waals surface area contributed by atoms with Crippen LogP contribution in [0.25, 0.3) is 6.08 Å². The van der Waals surface area contributed by atoms with Gasteiger partial charge in [0, 0.05) is 52.2 Å². The molecule has 0 unspecified atom stereocenters. The Morgan fingerprint density at radius 3 is 2.48 bits per heavy atom. The summed E-state index contributed by atoms with van der Waals surface area (Å²) in [7, 11) is 1.94. The van der Waals surface area contributed by atoms with E-state index < -0.39 is 0 Å². The van der Waals surface area contributed by atoms with Gasteiger partial charge in [0.1, 0.15) is 0 Å². The molecular weight excluding hydrogens is 286 g/mol. The smallest absolute Gasteiger partial charge is 0.255 e. The zero-order valence-electron chi connectivity index (χ0n) is 13.6. The molecule has 1 fully saturated rings. The van der Waals surface area contributed by atoms with Crippen molar-refractivity contribution < 1.29 is 4.79 Å². The Morgan fingerprint density at radius 2 is 1.83 bits per heavy atom. The van der Waals surface area contributed by atoms with E-state index in [-0.39, 0.29) is 5.91 Å². The molecule has 4 heteroatoms. The molecule has 2 heterocycles. The van der Waals surface area contributed by atoms with Crippen molar-refractivity contribution in [2.45, 2.75) is 0 Å². The van der Waals surface area contributed by atoms with Crippen molar-refractivity contribution in [2.24, 2.45) is 7.05 Å². The fourth-order valence-corrected chi connectivity index (χ4v) is 2.85. The molecule has 1 aromatic heterocycles. The van der Waals surface area contributed by atoms with Crippen LogP contribution in [0.5, 0.6) is 0 Å². The fourth-order valence-electron chi connectivity index (χ4n) is 2.85. The lowest BCUT2D eigenvalue weighted by Gasteiger charge is -2.34. The lowest BCUT2D eigenvalue weighted by Crippen LogP contribution is -2.48. The number of nitrogens with zero attached hydrogens (tertiary/aromatic N) is 3. The average molecular weight is 309 g/mol. The molecule has 3 rings (SSSR count). The summed E-state index contributed by atoms with van der Waals surface area (Å²) in [5.41, 5.74) is 2.01. The van der Waals surface area contributed by atoms with E-state index in [2.05, 4.69) is 29.2 Å². The van der Waals surface area contributed by atoms with Gasteiger partial charge in [-0.2, -0.15) is 0 Å². The first-order valence-corrected chi connectivity index (χ1v) is 8.07. The highest BCUT2D eigenvalue weighted by molar-refractivity contribution is 5.94. The molecule has 0 atom stereocenters. The molecule has 0 radical (unpaired) electrons. The number of hydrogen-bond donors (Lipinski definition) is 0. The highest BCUT2D eigenvalue weighted by Crippen LogP contribution is 2.09. The molecule has 1 aliphatic rings. The first-order chi connectivity index (χ1) is 11.2. The normalized spacial score (nSPS) is 16.1. The third-order valence-electron chi connectivity index (χ3n) is 4.21. The predicted molar refractivity (Wildman–Crippen MR) is 93.2 cm³/mol. The van der Waals surface area contributed by atoms with Gasteiger partial charge in [0.2, 0.25) is 0 Å². The van der Waals surface area contributed by atoms with Crippen molar-refractivity contribution in [3.05, 3.63) is 66.0 Å². The molecule has 1 aliphatic heterocycles. The number of benzene rings is 1. The second-order valence-electron chi connectivity index (χ2n) is 5.97. The molecule has 23 heavy (non-hydrogen) atoms. The van der Waals surface area contributed by atoms with Gasteiger partial charge in [-0.25, -0.2) is 0 Å². The minimum absolute atomic E-state index is 0.144. The summed E-state index contributed by atoms with van der Waals surface area (Å²) in [6.07, 6.45) is 8.15. The lowest BCUT2D eigenvalue weighted by atomic mass is 10.2. The van der Waals surface area contributed by atoms with Gasteiger partial charge in [-0.05, 0) is 11.6 Å². The maximum Gasteiger partial charge on any atom is 0.255 e. The zero-order valence-corrected chi connectivity index (χ0v) is 13.6. The van der Waals surface area contributed by atoms with Crippen LogP contribution in [0, 0.1) is 0 Å². The number of aromatic nitrogens is 1. The second kappa shape index (κ2) is 7.29. The maximum absolute atomic E-state index is 12.4. The summed E-state index contributed by atoms with van der Waals surface area (Å²) >= 11 is 0. The van der Waals surface area contributed by atoms with Crippen LogP contribution in [0.15, 0.2) is 54.9 Å². The Morgan fingerprint density at radius 1 is 1.09 bits per heavy atom. The molecule has 1 amide bonds. The van der Waals surface area contributed by atoms with Crippen LogP contribution in [0.1, 0.15) is 15.9 Å². The summed E-state index contributed by atoms with van der Waals surface area (Å²) < 4.78 is 1.91. The van der Waals surface area contributed by atoms with Gasteiger partial charge in [0.15, 0.2) is 0 Å². The van der Waals surface area contributed by atoms with Gasteiger partial charge in [-0.3, -0.25) is 9.69 Å². The molecule has 0 saturated carbocycles. The monoisotopic (exact) mass is 309 g/mol. The van der Waals surface area contributed by atoms with Crippen LogP contribution < -0.4 is 0 Å². The van der Waals surface area contributed by atoms with Crippen molar-refractivity contribution in [3.8, 4) is 0 Å². The number of rotatable bonds is 4. The fraction of sp³-hybridized carbons (Fsp3) is 0.316. The summed E-state index contributed by atoms with van der Waals surface area (Å²) in [6, 6.07) is 12.2.